The maximum atomic E-state index is 11.1. The number of hydrogen-bond donors (Lipinski definition) is 3. The number of nitrogens with two attached hydrogens (primary N) is 1. The number of benzene rings is 1. The Hall–Kier alpha value is -3.22. The highest BCUT2D eigenvalue weighted by atomic mass is 16.1. The average molecular weight is 322 g/mol. The molecule has 7 heteroatoms. The van der Waals surface area contributed by atoms with Gasteiger partial charge in [-0.3, -0.25) is 4.79 Å². The predicted molar refractivity (Wildman–Crippen MR) is 91.4 cm³/mol. The van der Waals surface area contributed by atoms with Crippen molar-refractivity contribution in [1.29, 1.82) is 0 Å². The number of aromatic amines is 1. The Morgan fingerprint density at radius 1 is 1.12 bits per heavy atom. The van der Waals surface area contributed by atoms with Gasteiger partial charge in [0, 0.05) is 42.7 Å². The van der Waals surface area contributed by atoms with E-state index in [1.54, 1.807) is 24.5 Å². The average Bonchev–Trinajstić information content (AvgIpc) is 3.12. The lowest BCUT2D eigenvalue weighted by atomic mass is 10.1. The molecule has 0 spiro atoms. The number of carbonyl (C=O) groups is 1. The van der Waals surface area contributed by atoms with Crippen molar-refractivity contribution in [1.82, 2.24) is 19.9 Å². The van der Waals surface area contributed by atoms with Gasteiger partial charge in [0.1, 0.15) is 5.82 Å². The van der Waals surface area contributed by atoms with Crippen LogP contribution >= 0.6 is 0 Å². The number of rotatable bonds is 7. The van der Waals surface area contributed by atoms with Gasteiger partial charge in [-0.15, -0.1) is 0 Å². The molecule has 0 atom stereocenters. The number of amides is 1. The van der Waals surface area contributed by atoms with Crippen LogP contribution in [0.3, 0.4) is 0 Å². The molecule has 122 valence electrons. The Bertz CT molecular complexity index is 798. The van der Waals surface area contributed by atoms with Gasteiger partial charge in [0.25, 0.3) is 0 Å². The first-order chi connectivity index (χ1) is 11.7. The third-order valence-electron chi connectivity index (χ3n) is 3.55. The van der Waals surface area contributed by atoms with Crippen molar-refractivity contribution in [3.05, 3.63) is 60.3 Å². The van der Waals surface area contributed by atoms with Crippen molar-refractivity contribution >= 4 is 11.9 Å². The number of imidazole rings is 1. The fourth-order valence-electron chi connectivity index (χ4n) is 2.30. The molecule has 0 aliphatic carbocycles. The van der Waals surface area contributed by atoms with Crippen LogP contribution in [0.5, 0.6) is 0 Å². The van der Waals surface area contributed by atoms with E-state index in [4.69, 9.17) is 5.73 Å². The van der Waals surface area contributed by atoms with E-state index in [0.717, 1.165) is 36.5 Å². The molecule has 3 rings (SSSR count). The van der Waals surface area contributed by atoms with Gasteiger partial charge in [-0.2, -0.15) is 0 Å². The molecular formula is C17H18N6O. The van der Waals surface area contributed by atoms with Crippen LogP contribution in [0.15, 0.2) is 48.9 Å². The zero-order valence-electron chi connectivity index (χ0n) is 13.1. The number of H-pyrrole nitrogens is 1. The molecule has 0 radical (unpaired) electrons. The minimum absolute atomic E-state index is 0.442. The third-order valence-corrected chi connectivity index (χ3v) is 3.55. The normalized spacial score (nSPS) is 10.5. The number of nitrogens with one attached hydrogen (secondary N) is 2. The zero-order valence-corrected chi connectivity index (χ0v) is 13.1. The van der Waals surface area contributed by atoms with E-state index in [2.05, 4.69) is 25.3 Å². The summed E-state index contributed by atoms with van der Waals surface area (Å²) < 4.78 is 0. The van der Waals surface area contributed by atoms with Crippen molar-refractivity contribution in [3.63, 3.8) is 0 Å². The third kappa shape index (κ3) is 3.95. The lowest BCUT2D eigenvalue weighted by Crippen LogP contribution is -2.10. The quantitative estimate of drug-likeness (QED) is 0.576. The lowest BCUT2D eigenvalue weighted by molar-refractivity contribution is 0.100. The molecule has 7 nitrogen and oxygen atoms in total. The first kappa shape index (κ1) is 15.7. The monoisotopic (exact) mass is 322 g/mol. The first-order valence-corrected chi connectivity index (χ1v) is 7.68. The van der Waals surface area contributed by atoms with Gasteiger partial charge in [0.2, 0.25) is 11.9 Å². The molecule has 0 saturated carbocycles. The van der Waals surface area contributed by atoms with E-state index in [1.807, 2.05) is 24.4 Å². The van der Waals surface area contributed by atoms with Crippen LogP contribution < -0.4 is 11.1 Å². The summed E-state index contributed by atoms with van der Waals surface area (Å²) in [4.78, 5) is 27.1. The predicted octanol–water partition coefficient (Wildman–Crippen LogP) is 2.01. The van der Waals surface area contributed by atoms with Crippen LogP contribution in [0.2, 0.25) is 0 Å². The van der Waals surface area contributed by atoms with Crippen LogP contribution in [0.4, 0.5) is 5.95 Å². The molecule has 3 aromatic rings. The summed E-state index contributed by atoms with van der Waals surface area (Å²) in [6.07, 6.45) is 7.07. The van der Waals surface area contributed by atoms with Crippen LogP contribution in [0.1, 0.15) is 22.6 Å². The van der Waals surface area contributed by atoms with Crippen LogP contribution in [-0.2, 0) is 6.42 Å². The van der Waals surface area contributed by atoms with Crippen molar-refractivity contribution in [3.8, 4) is 11.3 Å². The first-order valence-electron chi connectivity index (χ1n) is 7.68. The van der Waals surface area contributed by atoms with E-state index in [9.17, 15) is 4.79 Å². The number of nitrogens with zero attached hydrogens (tertiary/aromatic N) is 3. The second-order valence-corrected chi connectivity index (χ2v) is 5.27. The molecule has 0 aliphatic rings. The van der Waals surface area contributed by atoms with Crippen molar-refractivity contribution in [2.24, 2.45) is 5.73 Å². The summed E-state index contributed by atoms with van der Waals surface area (Å²) in [5.41, 5.74) is 7.41. The fraction of sp³-hybridized carbons (Fsp3) is 0.176. The molecule has 1 amide bonds. The highest BCUT2D eigenvalue weighted by Gasteiger charge is 2.04. The van der Waals surface area contributed by atoms with Gasteiger partial charge in [-0.25, -0.2) is 15.0 Å². The van der Waals surface area contributed by atoms with Crippen molar-refractivity contribution in [2.45, 2.75) is 12.8 Å². The Morgan fingerprint density at radius 2 is 1.96 bits per heavy atom. The van der Waals surface area contributed by atoms with Crippen LogP contribution in [-0.4, -0.2) is 32.4 Å². The van der Waals surface area contributed by atoms with Gasteiger partial charge < -0.3 is 16.0 Å². The van der Waals surface area contributed by atoms with Gasteiger partial charge in [0.15, 0.2) is 0 Å². The van der Waals surface area contributed by atoms with Gasteiger partial charge in [0.05, 0.1) is 5.69 Å². The SMILES string of the molecule is NC(=O)c1ccc(-c2ccnc(NCCCc3ncc[nH]3)n2)cc1. The summed E-state index contributed by atoms with van der Waals surface area (Å²) in [5.74, 6) is 1.11. The Labute approximate surface area is 139 Å². The second-order valence-electron chi connectivity index (χ2n) is 5.27. The highest BCUT2D eigenvalue weighted by Crippen LogP contribution is 2.18. The maximum absolute atomic E-state index is 11.1. The number of primary amides is 1. The summed E-state index contributed by atoms with van der Waals surface area (Å²) >= 11 is 0. The highest BCUT2D eigenvalue weighted by molar-refractivity contribution is 5.93. The molecule has 0 fully saturated rings. The minimum Gasteiger partial charge on any atom is -0.366 e. The van der Waals surface area contributed by atoms with Crippen LogP contribution in [0.25, 0.3) is 11.3 Å². The molecule has 2 heterocycles. The summed E-state index contributed by atoms with van der Waals surface area (Å²) in [6.45, 7) is 0.755. The summed E-state index contributed by atoms with van der Waals surface area (Å²) in [7, 11) is 0. The molecular weight excluding hydrogens is 304 g/mol. The number of hydrogen-bond acceptors (Lipinski definition) is 5. The van der Waals surface area contributed by atoms with E-state index < -0.39 is 5.91 Å². The summed E-state index contributed by atoms with van der Waals surface area (Å²) in [6, 6.07) is 8.85. The molecule has 0 unspecified atom stereocenters. The second kappa shape index (κ2) is 7.36. The van der Waals surface area contributed by atoms with Crippen molar-refractivity contribution in [2.75, 3.05) is 11.9 Å². The largest absolute Gasteiger partial charge is 0.366 e. The maximum Gasteiger partial charge on any atom is 0.248 e. The molecule has 2 aromatic heterocycles. The van der Waals surface area contributed by atoms with E-state index in [0.29, 0.717) is 11.5 Å². The van der Waals surface area contributed by atoms with Gasteiger partial charge in [-0.05, 0) is 24.6 Å². The molecule has 24 heavy (non-hydrogen) atoms. The Balaban J connectivity index is 1.60. The van der Waals surface area contributed by atoms with Gasteiger partial charge >= 0.3 is 0 Å². The number of carbonyl (C=O) groups excluding carboxylic acids is 1. The topological polar surface area (TPSA) is 110 Å². The molecule has 0 saturated heterocycles. The standard InChI is InChI=1S/C17H18N6O/c18-16(24)13-5-3-12(4-6-13)14-7-9-22-17(23-14)21-8-1-2-15-19-10-11-20-15/h3-7,9-11H,1-2,8H2,(H2,18,24)(H,19,20)(H,21,22,23). The zero-order chi connectivity index (χ0) is 16.8. The Morgan fingerprint density at radius 3 is 2.67 bits per heavy atom. The Kier molecular flexibility index (Phi) is 4.81. The molecule has 0 aliphatic heterocycles. The number of aromatic nitrogens is 4. The van der Waals surface area contributed by atoms with E-state index in [-0.39, 0.29) is 0 Å². The van der Waals surface area contributed by atoms with Crippen molar-refractivity contribution < 1.29 is 4.79 Å². The molecule has 0 bridgehead atoms. The van der Waals surface area contributed by atoms with E-state index in [1.165, 1.54) is 0 Å². The van der Waals surface area contributed by atoms with E-state index >= 15 is 0 Å². The smallest absolute Gasteiger partial charge is 0.248 e. The summed E-state index contributed by atoms with van der Waals surface area (Å²) in [5, 5.41) is 3.21. The minimum atomic E-state index is -0.442. The molecule has 4 N–H and O–H groups in total. The van der Waals surface area contributed by atoms with Gasteiger partial charge in [-0.1, -0.05) is 12.1 Å². The number of anilines is 1. The van der Waals surface area contributed by atoms with Crippen LogP contribution in [0, 0.1) is 0 Å². The fourth-order valence-corrected chi connectivity index (χ4v) is 2.30. The molecule has 1 aromatic carbocycles. The number of aryl methyl sites for hydroxylation is 1. The lowest BCUT2D eigenvalue weighted by Gasteiger charge is -2.06.